The van der Waals surface area contributed by atoms with Crippen LogP contribution >= 0.6 is 15.9 Å². The Balaban J connectivity index is 2.44. The van der Waals surface area contributed by atoms with Crippen LogP contribution < -0.4 is 0 Å². The molecule has 0 amide bonds. The van der Waals surface area contributed by atoms with Crippen LogP contribution in [-0.2, 0) is 0 Å². The lowest BCUT2D eigenvalue weighted by Gasteiger charge is -2.48. The molecule has 4 nitrogen and oxygen atoms in total. The Morgan fingerprint density at radius 1 is 1.48 bits per heavy atom. The van der Waals surface area contributed by atoms with Gasteiger partial charge in [0.1, 0.15) is 6.10 Å². The smallest absolute Gasteiger partial charge is 0.115 e. The topological polar surface area (TPSA) is 41.3 Å². The Morgan fingerprint density at radius 3 is 2.67 bits per heavy atom. The third kappa shape index (κ3) is 3.06. The number of hydrogen-bond donors (Lipinski definition) is 1. The average Bonchev–Trinajstić information content (AvgIpc) is 2.79. The van der Waals surface area contributed by atoms with E-state index in [9.17, 15) is 5.11 Å². The zero-order valence-electron chi connectivity index (χ0n) is 13.8. The molecule has 0 saturated heterocycles. The van der Waals surface area contributed by atoms with Crippen molar-refractivity contribution in [1.29, 1.82) is 0 Å². The zero-order valence-corrected chi connectivity index (χ0v) is 15.4. The van der Waals surface area contributed by atoms with Gasteiger partial charge in [0.2, 0.25) is 0 Å². The van der Waals surface area contributed by atoms with Gasteiger partial charge < -0.3 is 10.0 Å². The Morgan fingerprint density at radius 2 is 2.14 bits per heavy atom. The third-order valence-corrected chi connectivity index (χ3v) is 5.55. The van der Waals surface area contributed by atoms with Crippen LogP contribution in [0.5, 0.6) is 0 Å². The molecule has 0 aromatic carbocycles. The van der Waals surface area contributed by atoms with Crippen LogP contribution in [0.15, 0.2) is 10.7 Å². The zero-order chi connectivity index (χ0) is 15.8. The van der Waals surface area contributed by atoms with Gasteiger partial charge in [-0.1, -0.05) is 19.8 Å². The van der Waals surface area contributed by atoms with Crippen molar-refractivity contribution in [3.63, 3.8) is 0 Å². The van der Waals surface area contributed by atoms with Crippen molar-refractivity contribution in [1.82, 2.24) is 14.7 Å². The molecule has 3 unspecified atom stereocenters. The van der Waals surface area contributed by atoms with Gasteiger partial charge in [-0.05, 0) is 62.6 Å². The summed E-state index contributed by atoms with van der Waals surface area (Å²) >= 11 is 3.58. The van der Waals surface area contributed by atoms with Crippen LogP contribution in [0.4, 0.5) is 0 Å². The molecule has 1 heterocycles. The van der Waals surface area contributed by atoms with Crippen molar-refractivity contribution in [3.8, 4) is 0 Å². The maximum absolute atomic E-state index is 11.3. The van der Waals surface area contributed by atoms with E-state index in [1.165, 1.54) is 12.8 Å². The van der Waals surface area contributed by atoms with Crippen molar-refractivity contribution < 1.29 is 5.11 Å². The van der Waals surface area contributed by atoms with E-state index in [1.54, 1.807) is 6.20 Å². The van der Waals surface area contributed by atoms with E-state index in [2.05, 4.69) is 60.8 Å². The molecule has 1 aliphatic carbocycles. The van der Waals surface area contributed by atoms with Crippen molar-refractivity contribution in [2.75, 3.05) is 14.1 Å². The molecule has 1 fully saturated rings. The first kappa shape index (κ1) is 17.0. The quantitative estimate of drug-likeness (QED) is 0.891. The fourth-order valence-corrected chi connectivity index (χ4v) is 4.23. The molecule has 1 N–H and O–H groups in total. The summed E-state index contributed by atoms with van der Waals surface area (Å²) in [5, 5.41) is 15.7. The fraction of sp³-hybridized carbons (Fsp3) is 0.812. The van der Waals surface area contributed by atoms with Gasteiger partial charge in [-0.15, -0.1) is 0 Å². The lowest BCUT2D eigenvalue weighted by atomic mass is 9.71. The van der Waals surface area contributed by atoms with Gasteiger partial charge >= 0.3 is 0 Å². The van der Waals surface area contributed by atoms with E-state index in [-0.39, 0.29) is 11.6 Å². The summed E-state index contributed by atoms with van der Waals surface area (Å²) in [6.07, 6.45) is 5.75. The summed E-state index contributed by atoms with van der Waals surface area (Å²) in [6, 6.07) is 0.237. The Bertz CT molecular complexity index is 486. The monoisotopic (exact) mass is 357 g/mol. The first-order chi connectivity index (χ1) is 9.79. The second-order valence-electron chi connectivity index (χ2n) is 7.02. The molecule has 1 saturated carbocycles. The normalized spacial score (nSPS) is 28.3. The molecule has 1 aromatic rings. The van der Waals surface area contributed by atoms with Crippen LogP contribution in [0.25, 0.3) is 0 Å². The van der Waals surface area contributed by atoms with Gasteiger partial charge in [0.15, 0.2) is 0 Å². The van der Waals surface area contributed by atoms with E-state index in [0.717, 1.165) is 23.0 Å². The van der Waals surface area contributed by atoms with Gasteiger partial charge in [-0.2, -0.15) is 5.10 Å². The van der Waals surface area contributed by atoms with Crippen LogP contribution in [0.1, 0.15) is 64.3 Å². The maximum atomic E-state index is 11.3. The van der Waals surface area contributed by atoms with Crippen molar-refractivity contribution in [3.05, 3.63) is 16.4 Å². The highest BCUT2D eigenvalue weighted by Crippen LogP contribution is 2.45. The van der Waals surface area contributed by atoms with Crippen LogP contribution in [-0.4, -0.2) is 39.4 Å². The van der Waals surface area contributed by atoms with Crippen molar-refractivity contribution in [2.24, 2.45) is 5.92 Å². The molecule has 2 rings (SSSR count). The standard InChI is InChI=1S/C16H28BrN3O/c1-11(2)20-14(13(17)10-18-20)15(21)16(19(4)5)8-6-7-12(3)9-16/h10-12,15,21H,6-9H2,1-5H3. The first-order valence-electron chi connectivity index (χ1n) is 7.88. The minimum absolute atomic E-state index is 0.202. The largest absolute Gasteiger partial charge is 0.385 e. The number of aliphatic hydroxyl groups excluding tert-OH is 1. The summed E-state index contributed by atoms with van der Waals surface area (Å²) in [5.74, 6) is 0.644. The third-order valence-electron chi connectivity index (χ3n) is 4.94. The van der Waals surface area contributed by atoms with Gasteiger partial charge in [0, 0.05) is 6.04 Å². The molecule has 0 aliphatic heterocycles. The molecule has 1 aromatic heterocycles. The number of halogens is 1. The van der Waals surface area contributed by atoms with E-state index in [4.69, 9.17) is 0 Å². The first-order valence-corrected chi connectivity index (χ1v) is 8.67. The fourth-order valence-electron chi connectivity index (χ4n) is 3.74. The average molecular weight is 358 g/mol. The van der Waals surface area contributed by atoms with E-state index in [0.29, 0.717) is 5.92 Å². The molecule has 120 valence electrons. The number of aliphatic hydroxyl groups is 1. The highest BCUT2D eigenvalue weighted by atomic mass is 79.9. The molecule has 3 atom stereocenters. The number of aromatic nitrogens is 2. The number of hydrogen-bond acceptors (Lipinski definition) is 3. The van der Waals surface area contributed by atoms with Gasteiger partial charge in [-0.3, -0.25) is 4.68 Å². The highest BCUT2D eigenvalue weighted by Gasteiger charge is 2.45. The predicted molar refractivity (Wildman–Crippen MR) is 89.3 cm³/mol. The molecule has 1 aliphatic rings. The highest BCUT2D eigenvalue weighted by molar-refractivity contribution is 9.10. The van der Waals surface area contributed by atoms with Crippen LogP contribution in [0, 0.1) is 5.92 Å². The lowest BCUT2D eigenvalue weighted by Crippen LogP contribution is -2.52. The predicted octanol–water partition coefficient (Wildman–Crippen LogP) is 3.77. The van der Waals surface area contributed by atoms with Gasteiger partial charge in [0.05, 0.1) is 21.9 Å². The van der Waals surface area contributed by atoms with E-state index >= 15 is 0 Å². The Hall–Kier alpha value is -0.390. The minimum atomic E-state index is -0.533. The second kappa shape index (κ2) is 6.39. The Labute approximate surface area is 136 Å². The number of nitrogens with zero attached hydrogens (tertiary/aromatic N) is 3. The summed E-state index contributed by atoms with van der Waals surface area (Å²) in [6.45, 7) is 6.49. The number of rotatable bonds is 4. The summed E-state index contributed by atoms with van der Waals surface area (Å²) in [5.41, 5.74) is 0.708. The van der Waals surface area contributed by atoms with Gasteiger partial charge in [0.25, 0.3) is 0 Å². The molecule has 0 spiro atoms. The lowest BCUT2D eigenvalue weighted by molar-refractivity contribution is -0.0498. The SMILES string of the molecule is CC1CCCC(C(O)c2c(Br)cnn2C(C)C)(N(C)C)C1. The van der Waals surface area contributed by atoms with Crippen LogP contribution in [0.3, 0.4) is 0 Å². The maximum Gasteiger partial charge on any atom is 0.115 e. The summed E-state index contributed by atoms with van der Waals surface area (Å²) in [4.78, 5) is 2.22. The molecule has 5 heteroatoms. The van der Waals surface area contributed by atoms with Crippen molar-refractivity contribution in [2.45, 2.75) is 64.1 Å². The van der Waals surface area contributed by atoms with E-state index in [1.807, 2.05) is 4.68 Å². The van der Waals surface area contributed by atoms with Crippen LogP contribution in [0.2, 0.25) is 0 Å². The molecule has 0 radical (unpaired) electrons. The molecular formula is C16H28BrN3O. The summed E-state index contributed by atoms with van der Waals surface area (Å²) in [7, 11) is 4.18. The van der Waals surface area contributed by atoms with E-state index < -0.39 is 6.10 Å². The molecule has 21 heavy (non-hydrogen) atoms. The molecular weight excluding hydrogens is 330 g/mol. The summed E-state index contributed by atoms with van der Waals surface area (Å²) < 4.78 is 2.85. The van der Waals surface area contributed by atoms with Gasteiger partial charge in [-0.25, -0.2) is 0 Å². The second-order valence-corrected chi connectivity index (χ2v) is 7.87. The molecule has 0 bridgehead atoms. The minimum Gasteiger partial charge on any atom is -0.385 e. The Kier molecular flexibility index (Phi) is 5.16. The number of likely N-dealkylation sites (N-methyl/N-ethyl adjacent to an activating group) is 1. The van der Waals surface area contributed by atoms with Crippen molar-refractivity contribution >= 4 is 15.9 Å².